The van der Waals surface area contributed by atoms with Crippen LogP contribution in [0.1, 0.15) is 56.3 Å². The van der Waals surface area contributed by atoms with Gasteiger partial charge < -0.3 is 14.0 Å². The van der Waals surface area contributed by atoms with Gasteiger partial charge in [0, 0.05) is 30.4 Å². The number of carbonyl (C=O) groups excluding carboxylic acids is 1. The Morgan fingerprint density at radius 3 is 2.34 bits per heavy atom. The van der Waals surface area contributed by atoms with Crippen LogP contribution in [0.25, 0.3) is 22.4 Å². The van der Waals surface area contributed by atoms with E-state index in [0.717, 1.165) is 46.5 Å². The zero-order valence-corrected chi connectivity index (χ0v) is 20.9. The smallest absolute Gasteiger partial charge is 0.253 e. The number of pyridine rings is 1. The number of anilines is 1. The second-order valence-corrected chi connectivity index (χ2v) is 10.4. The molecule has 2 aromatic heterocycles. The predicted molar refractivity (Wildman–Crippen MR) is 139 cm³/mol. The molecule has 0 unspecified atom stereocenters. The van der Waals surface area contributed by atoms with E-state index in [-0.39, 0.29) is 29.0 Å². The summed E-state index contributed by atoms with van der Waals surface area (Å²) in [6.45, 7) is 8.18. The van der Waals surface area contributed by atoms with Gasteiger partial charge >= 0.3 is 0 Å². The van der Waals surface area contributed by atoms with Gasteiger partial charge in [0.05, 0.1) is 28.2 Å². The van der Waals surface area contributed by atoms with Crippen molar-refractivity contribution in [2.75, 3.05) is 4.90 Å². The van der Waals surface area contributed by atoms with Gasteiger partial charge in [-0.15, -0.1) is 0 Å². The van der Waals surface area contributed by atoms with Crippen LogP contribution in [0.2, 0.25) is 0 Å². The van der Waals surface area contributed by atoms with Gasteiger partial charge in [-0.05, 0) is 69.9 Å². The lowest BCUT2D eigenvalue weighted by atomic mass is 9.97. The molecular weight excluding hydrogens is 436 g/mol. The number of aryl methyl sites for hydroxylation is 2. The van der Waals surface area contributed by atoms with E-state index in [1.807, 2.05) is 30.2 Å². The lowest BCUT2D eigenvalue weighted by molar-refractivity contribution is -0.120. The summed E-state index contributed by atoms with van der Waals surface area (Å²) in [5.74, 6) is 1.05. The summed E-state index contributed by atoms with van der Waals surface area (Å²) >= 11 is 0. The molecule has 35 heavy (non-hydrogen) atoms. The lowest BCUT2D eigenvalue weighted by Crippen LogP contribution is -2.37. The van der Waals surface area contributed by atoms with Crippen LogP contribution >= 0.6 is 0 Å². The van der Waals surface area contributed by atoms with Gasteiger partial charge in [-0.3, -0.25) is 9.59 Å². The molecule has 1 spiro atoms. The number of rotatable bonds is 4. The number of benzene rings is 2. The fraction of sp³-hybridized carbons (Fsp3) is 0.345. The van der Waals surface area contributed by atoms with Gasteiger partial charge in [-0.2, -0.15) is 0 Å². The Balaban J connectivity index is 1.65. The van der Waals surface area contributed by atoms with E-state index < -0.39 is 0 Å². The average molecular weight is 467 g/mol. The Hall–Kier alpha value is -3.67. The summed E-state index contributed by atoms with van der Waals surface area (Å²) in [5.41, 5.74) is 6.40. The molecule has 0 bridgehead atoms. The first-order valence-electron chi connectivity index (χ1n) is 12.4. The Bertz CT molecular complexity index is 1530. The summed E-state index contributed by atoms with van der Waals surface area (Å²) < 4.78 is 3.88. The maximum Gasteiger partial charge on any atom is 0.253 e. The van der Waals surface area contributed by atoms with E-state index >= 15 is 0 Å². The third kappa shape index (κ3) is 3.05. The minimum Gasteiger partial charge on any atom is -0.318 e. The van der Waals surface area contributed by atoms with Crippen LogP contribution in [0.5, 0.6) is 0 Å². The van der Waals surface area contributed by atoms with Crippen molar-refractivity contribution in [3.8, 4) is 11.4 Å². The van der Waals surface area contributed by atoms with Crippen molar-refractivity contribution in [1.29, 1.82) is 0 Å². The standard InChI is InChI=1S/C29H30N4O2/c1-17(2)32-24-15-25-23(14-22(24)29(11-12-29)28(32)35)30-26(21-13-18(3)27(34)31(5)16-21)33(25)19(4)20-9-7-6-8-10-20/h6-10,13-17,19H,11-12H2,1-5H3/t19-/m0/s1. The second-order valence-electron chi connectivity index (χ2n) is 10.4. The first kappa shape index (κ1) is 21.8. The topological polar surface area (TPSA) is 60.1 Å². The Morgan fingerprint density at radius 1 is 1.00 bits per heavy atom. The fourth-order valence-corrected chi connectivity index (χ4v) is 5.77. The third-order valence-corrected chi connectivity index (χ3v) is 7.77. The molecule has 0 N–H and O–H groups in total. The first-order chi connectivity index (χ1) is 16.7. The van der Waals surface area contributed by atoms with Crippen LogP contribution in [-0.2, 0) is 17.3 Å². The van der Waals surface area contributed by atoms with Crippen molar-refractivity contribution in [2.45, 2.75) is 58.0 Å². The third-order valence-electron chi connectivity index (χ3n) is 7.77. The summed E-state index contributed by atoms with van der Waals surface area (Å²) in [5, 5.41) is 0. The van der Waals surface area contributed by atoms with E-state index in [1.165, 1.54) is 5.56 Å². The quantitative estimate of drug-likeness (QED) is 0.420. The molecule has 2 aliphatic rings. The normalized spacial score (nSPS) is 17.0. The highest BCUT2D eigenvalue weighted by Crippen LogP contribution is 2.58. The molecule has 1 fully saturated rings. The summed E-state index contributed by atoms with van der Waals surface area (Å²) in [6.07, 6.45) is 3.67. The van der Waals surface area contributed by atoms with E-state index in [9.17, 15) is 9.59 Å². The van der Waals surface area contributed by atoms with Gasteiger partial charge in [-0.25, -0.2) is 4.98 Å². The minimum atomic E-state index is -0.365. The number of fused-ring (bicyclic) bond motifs is 3. The van der Waals surface area contributed by atoms with Crippen molar-refractivity contribution >= 4 is 22.6 Å². The monoisotopic (exact) mass is 466 g/mol. The Morgan fingerprint density at radius 2 is 1.71 bits per heavy atom. The molecule has 2 aromatic carbocycles. The molecule has 3 heterocycles. The molecule has 6 heteroatoms. The largest absolute Gasteiger partial charge is 0.318 e. The molecule has 0 saturated heterocycles. The molecule has 0 radical (unpaired) electrons. The molecular formula is C29H30N4O2. The van der Waals surface area contributed by atoms with Crippen molar-refractivity contribution in [3.63, 3.8) is 0 Å². The minimum absolute atomic E-state index is 0.00581. The van der Waals surface area contributed by atoms with Crippen LogP contribution in [0.4, 0.5) is 5.69 Å². The van der Waals surface area contributed by atoms with Gasteiger partial charge in [0.15, 0.2) is 0 Å². The average Bonchev–Trinajstić information content (AvgIpc) is 3.51. The zero-order valence-electron chi connectivity index (χ0n) is 20.9. The molecule has 1 saturated carbocycles. The van der Waals surface area contributed by atoms with Crippen molar-refractivity contribution in [3.05, 3.63) is 81.8 Å². The number of amides is 1. The van der Waals surface area contributed by atoms with Crippen LogP contribution < -0.4 is 10.5 Å². The van der Waals surface area contributed by atoms with Gasteiger partial charge in [0.25, 0.3) is 5.56 Å². The van der Waals surface area contributed by atoms with Gasteiger partial charge in [0.2, 0.25) is 5.91 Å². The Labute approximate surface area is 204 Å². The predicted octanol–water partition coefficient (Wildman–Crippen LogP) is 5.11. The molecule has 178 valence electrons. The molecule has 1 amide bonds. The summed E-state index contributed by atoms with van der Waals surface area (Å²) in [7, 11) is 1.78. The number of carbonyl (C=O) groups is 1. The first-order valence-corrected chi connectivity index (χ1v) is 12.4. The molecule has 1 aliphatic heterocycles. The number of imidazole rings is 1. The second kappa shape index (κ2) is 7.41. The van der Waals surface area contributed by atoms with Gasteiger partial charge in [0.1, 0.15) is 5.82 Å². The number of hydrogen-bond donors (Lipinski definition) is 0. The SMILES string of the molecule is Cc1cc(-c2nc3cc4c(cc3n2[C@@H](C)c2ccccc2)N(C(C)C)C(=O)C42CC2)cn(C)c1=O. The van der Waals surface area contributed by atoms with E-state index in [4.69, 9.17) is 4.98 Å². The maximum atomic E-state index is 13.4. The summed E-state index contributed by atoms with van der Waals surface area (Å²) in [4.78, 5) is 32.9. The molecule has 6 rings (SSSR count). The van der Waals surface area contributed by atoms with Crippen molar-refractivity contribution < 1.29 is 4.79 Å². The number of nitrogens with zero attached hydrogens (tertiary/aromatic N) is 4. The van der Waals surface area contributed by atoms with E-state index in [0.29, 0.717) is 5.56 Å². The fourth-order valence-electron chi connectivity index (χ4n) is 5.77. The molecule has 1 aliphatic carbocycles. The van der Waals surface area contributed by atoms with Crippen LogP contribution in [0.15, 0.2) is 59.5 Å². The lowest BCUT2D eigenvalue weighted by Gasteiger charge is -2.23. The molecule has 4 aromatic rings. The number of aromatic nitrogens is 3. The molecule has 6 nitrogen and oxygen atoms in total. The highest BCUT2D eigenvalue weighted by atomic mass is 16.2. The van der Waals surface area contributed by atoms with E-state index in [1.54, 1.807) is 11.6 Å². The van der Waals surface area contributed by atoms with E-state index in [2.05, 4.69) is 61.7 Å². The number of hydrogen-bond acceptors (Lipinski definition) is 3. The van der Waals surface area contributed by atoms with Gasteiger partial charge in [-0.1, -0.05) is 30.3 Å². The summed E-state index contributed by atoms with van der Waals surface area (Å²) in [6, 6.07) is 16.7. The van der Waals surface area contributed by atoms with Crippen molar-refractivity contribution in [2.24, 2.45) is 7.05 Å². The maximum absolute atomic E-state index is 13.4. The Kier molecular flexibility index (Phi) is 4.62. The molecule has 1 atom stereocenters. The van der Waals surface area contributed by atoms with Crippen LogP contribution in [0, 0.1) is 6.92 Å². The van der Waals surface area contributed by atoms with Crippen molar-refractivity contribution in [1.82, 2.24) is 14.1 Å². The van der Waals surface area contributed by atoms with Crippen LogP contribution in [-0.4, -0.2) is 26.1 Å². The highest BCUT2D eigenvalue weighted by molar-refractivity contribution is 6.12. The zero-order chi connectivity index (χ0) is 24.6. The van der Waals surface area contributed by atoms with Crippen LogP contribution in [0.3, 0.4) is 0 Å². The highest BCUT2D eigenvalue weighted by Gasteiger charge is 2.59.